The molecule has 1 fully saturated rings. The topological polar surface area (TPSA) is 91.4 Å². The molecule has 1 aromatic heterocycles. The quantitative estimate of drug-likeness (QED) is 0.576. The van der Waals surface area contributed by atoms with Crippen LogP contribution in [-0.2, 0) is 18.0 Å². The monoisotopic (exact) mass is 448 g/mol. The predicted molar refractivity (Wildman–Crippen MR) is 115 cm³/mol. The Morgan fingerprint density at radius 1 is 1.25 bits per heavy atom. The van der Waals surface area contributed by atoms with Crippen LogP contribution in [0.1, 0.15) is 30.5 Å². The summed E-state index contributed by atoms with van der Waals surface area (Å²) in [5.41, 5.74) is 4.94. The largest absolute Gasteiger partial charge is 0.488 e. The van der Waals surface area contributed by atoms with Gasteiger partial charge in [-0.2, -0.15) is 18.3 Å². The average Bonchev–Trinajstić information content (AvgIpc) is 3.23. The standard InChI is InChI=1S/C22H23F3N4O3/c1-12(13-7-14(22(23,24)25)9-15(26)8-13)27-20-19-10-16(32-17-5-6-31-11-17)3-4-18(19)21(30)29(2)28-20/h3-4,7-10,12,17H,5-6,11,26H2,1-2H3,(H,27,28)/t12-,17+/m1/s1. The van der Waals surface area contributed by atoms with Crippen molar-refractivity contribution in [3.8, 4) is 5.75 Å². The number of nitrogens with zero attached hydrogens (tertiary/aromatic N) is 2. The van der Waals surface area contributed by atoms with E-state index in [1.807, 2.05) is 0 Å². The SMILES string of the molecule is C[C@@H](Nc1nn(C)c(=O)c2ccc(O[C@H]3CCOC3)cc12)c1cc(N)cc(C(F)(F)F)c1. The minimum Gasteiger partial charge on any atom is -0.488 e. The molecule has 170 valence electrons. The number of aromatic nitrogens is 2. The number of anilines is 2. The predicted octanol–water partition coefficient (Wildman–Crippen LogP) is 3.88. The summed E-state index contributed by atoms with van der Waals surface area (Å²) in [5, 5.41) is 8.34. The van der Waals surface area contributed by atoms with Crippen LogP contribution in [0.2, 0.25) is 0 Å². The normalized spacial score (nSPS) is 17.5. The number of nitrogen functional groups attached to an aromatic ring is 1. The first-order valence-corrected chi connectivity index (χ1v) is 10.1. The van der Waals surface area contributed by atoms with Gasteiger partial charge < -0.3 is 20.5 Å². The van der Waals surface area contributed by atoms with Gasteiger partial charge in [0.05, 0.1) is 30.2 Å². The van der Waals surface area contributed by atoms with E-state index < -0.39 is 17.8 Å². The van der Waals surface area contributed by atoms with Gasteiger partial charge in [-0.05, 0) is 48.9 Å². The lowest BCUT2D eigenvalue weighted by Gasteiger charge is -2.19. The Labute approximate surface area is 181 Å². The zero-order valence-corrected chi connectivity index (χ0v) is 17.6. The van der Waals surface area contributed by atoms with Gasteiger partial charge in [0.15, 0.2) is 5.82 Å². The van der Waals surface area contributed by atoms with E-state index in [2.05, 4.69) is 10.4 Å². The Bertz CT molecular complexity index is 1200. The molecular weight excluding hydrogens is 425 g/mol. The summed E-state index contributed by atoms with van der Waals surface area (Å²) >= 11 is 0. The fourth-order valence-corrected chi connectivity index (χ4v) is 3.69. The van der Waals surface area contributed by atoms with Gasteiger partial charge in [0.25, 0.3) is 5.56 Å². The second kappa shape index (κ2) is 8.34. The molecule has 2 heterocycles. The molecule has 7 nitrogen and oxygen atoms in total. The minimum atomic E-state index is -4.51. The van der Waals surface area contributed by atoms with E-state index in [1.165, 1.54) is 17.8 Å². The number of nitrogens with two attached hydrogens (primary N) is 1. The number of nitrogens with one attached hydrogen (secondary N) is 1. The molecule has 3 N–H and O–H groups in total. The van der Waals surface area contributed by atoms with Gasteiger partial charge >= 0.3 is 6.18 Å². The zero-order valence-electron chi connectivity index (χ0n) is 17.6. The van der Waals surface area contributed by atoms with Crippen molar-refractivity contribution in [3.63, 3.8) is 0 Å². The van der Waals surface area contributed by atoms with Crippen molar-refractivity contribution < 1.29 is 22.6 Å². The molecule has 1 aliphatic rings. The van der Waals surface area contributed by atoms with Crippen molar-refractivity contribution in [1.82, 2.24) is 9.78 Å². The van der Waals surface area contributed by atoms with Crippen LogP contribution in [0.15, 0.2) is 41.2 Å². The molecule has 3 aromatic rings. The lowest BCUT2D eigenvalue weighted by molar-refractivity contribution is -0.137. The summed E-state index contributed by atoms with van der Waals surface area (Å²) < 4.78 is 52.1. The highest BCUT2D eigenvalue weighted by Gasteiger charge is 2.31. The number of hydrogen-bond donors (Lipinski definition) is 2. The van der Waals surface area contributed by atoms with Gasteiger partial charge in [-0.3, -0.25) is 4.79 Å². The molecule has 0 aliphatic carbocycles. The number of halogens is 3. The Kier molecular flexibility index (Phi) is 5.72. The highest BCUT2D eigenvalue weighted by atomic mass is 19.4. The lowest BCUT2D eigenvalue weighted by Crippen LogP contribution is -2.22. The maximum Gasteiger partial charge on any atom is 0.416 e. The van der Waals surface area contributed by atoms with E-state index in [-0.39, 0.29) is 17.4 Å². The first-order valence-electron chi connectivity index (χ1n) is 10.1. The van der Waals surface area contributed by atoms with Crippen LogP contribution in [-0.4, -0.2) is 29.1 Å². The minimum absolute atomic E-state index is 0.0104. The average molecular weight is 448 g/mol. The highest BCUT2D eigenvalue weighted by molar-refractivity contribution is 5.92. The number of rotatable bonds is 5. The molecule has 4 rings (SSSR count). The number of fused-ring (bicyclic) bond motifs is 1. The molecule has 0 amide bonds. The second-order valence-corrected chi connectivity index (χ2v) is 7.84. The summed E-state index contributed by atoms with van der Waals surface area (Å²) in [4.78, 5) is 12.6. The van der Waals surface area contributed by atoms with E-state index in [9.17, 15) is 18.0 Å². The molecule has 0 spiro atoms. The number of hydrogen-bond acceptors (Lipinski definition) is 6. The van der Waals surface area contributed by atoms with Crippen LogP contribution in [0.5, 0.6) is 5.75 Å². The van der Waals surface area contributed by atoms with Crippen molar-refractivity contribution in [2.75, 3.05) is 24.3 Å². The maximum absolute atomic E-state index is 13.2. The van der Waals surface area contributed by atoms with Crippen molar-refractivity contribution in [3.05, 3.63) is 57.9 Å². The molecule has 1 saturated heterocycles. The summed E-state index contributed by atoms with van der Waals surface area (Å²) in [6.45, 7) is 2.82. The molecule has 0 saturated carbocycles. The van der Waals surface area contributed by atoms with E-state index in [0.717, 1.165) is 18.6 Å². The van der Waals surface area contributed by atoms with Gasteiger partial charge in [0, 0.05) is 24.5 Å². The van der Waals surface area contributed by atoms with Gasteiger partial charge in [-0.25, -0.2) is 4.68 Å². The van der Waals surface area contributed by atoms with E-state index >= 15 is 0 Å². The molecule has 2 atom stereocenters. The van der Waals surface area contributed by atoms with Crippen LogP contribution in [0.3, 0.4) is 0 Å². The molecule has 0 radical (unpaired) electrons. The third-order valence-corrected chi connectivity index (χ3v) is 5.37. The first kappa shape index (κ1) is 21.9. The fraction of sp³-hybridized carbons (Fsp3) is 0.364. The molecule has 10 heteroatoms. The maximum atomic E-state index is 13.2. The van der Waals surface area contributed by atoms with Crippen LogP contribution in [0, 0.1) is 0 Å². The van der Waals surface area contributed by atoms with Crippen molar-refractivity contribution in [2.45, 2.75) is 31.7 Å². The van der Waals surface area contributed by atoms with Crippen molar-refractivity contribution >= 4 is 22.3 Å². The van der Waals surface area contributed by atoms with Crippen LogP contribution >= 0.6 is 0 Å². The third-order valence-electron chi connectivity index (χ3n) is 5.37. The second-order valence-electron chi connectivity index (χ2n) is 7.84. The van der Waals surface area contributed by atoms with Gasteiger partial charge in [-0.1, -0.05) is 0 Å². The van der Waals surface area contributed by atoms with Crippen LogP contribution in [0.25, 0.3) is 10.8 Å². The summed E-state index contributed by atoms with van der Waals surface area (Å²) in [7, 11) is 1.51. The Balaban J connectivity index is 1.71. The Morgan fingerprint density at radius 2 is 2.03 bits per heavy atom. The molecule has 32 heavy (non-hydrogen) atoms. The van der Waals surface area contributed by atoms with Crippen molar-refractivity contribution in [1.29, 1.82) is 0 Å². The van der Waals surface area contributed by atoms with E-state index in [1.54, 1.807) is 25.1 Å². The number of alkyl halides is 3. The van der Waals surface area contributed by atoms with Gasteiger partial charge in [0.2, 0.25) is 0 Å². The third kappa shape index (κ3) is 4.50. The molecular formula is C22H23F3N4O3. The Hall–Kier alpha value is -3.27. The summed E-state index contributed by atoms with van der Waals surface area (Å²) in [6.07, 6.45) is -3.82. The highest BCUT2D eigenvalue weighted by Crippen LogP contribution is 2.34. The zero-order chi connectivity index (χ0) is 23.0. The lowest BCUT2D eigenvalue weighted by atomic mass is 10.0. The van der Waals surface area contributed by atoms with Crippen LogP contribution < -0.4 is 21.3 Å². The Morgan fingerprint density at radius 3 is 2.72 bits per heavy atom. The molecule has 0 bridgehead atoms. The van der Waals surface area contributed by atoms with Crippen molar-refractivity contribution in [2.24, 2.45) is 7.05 Å². The summed E-state index contributed by atoms with van der Waals surface area (Å²) in [6, 6.07) is 7.93. The smallest absolute Gasteiger partial charge is 0.416 e. The molecule has 0 unspecified atom stereocenters. The van der Waals surface area contributed by atoms with E-state index in [0.29, 0.717) is 41.1 Å². The summed E-state index contributed by atoms with van der Waals surface area (Å²) in [5.74, 6) is 0.903. The molecule has 1 aliphatic heterocycles. The van der Waals surface area contributed by atoms with Gasteiger partial charge in [-0.15, -0.1) is 0 Å². The number of ether oxygens (including phenoxy) is 2. The van der Waals surface area contributed by atoms with E-state index in [4.69, 9.17) is 15.2 Å². The first-order chi connectivity index (χ1) is 15.1. The number of benzene rings is 2. The van der Waals surface area contributed by atoms with Crippen LogP contribution in [0.4, 0.5) is 24.7 Å². The molecule has 2 aromatic carbocycles. The fourth-order valence-electron chi connectivity index (χ4n) is 3.69. The number of aryl methyl sites for hydroxylation is 1. The van der Waals surface area contributed by atoms with Gasteiger partial charge in [0.1, 0.15) is 11.9 Å².